The zero-order chi connectivity index (χ0) is 0. The van der Waals surface area contributed by atoms with Crippen molar-refractivity contribution in [3.63, 3.8) is 0 Å². The minimum absolute atomic E-state index is 0. The van der Waals surface area contributed by atoms with Crippen molar-refractivity contribution in [2.75, 3.05) is 0 Å². The van der Waals surface area contributed by atoms with Crippen molar-refractivity contribution in [1.82, 2.24) is 0 Å². The van der Waals surface area contributed by atoms with E-state index in [9.17, 15) is 0 Å². The molecule has 0 saturated heterocycles. The van der Waals surface area contributed by atoms with E-state index in [-0.39, 0.29) is 116 Å². The molecule has 0 aromatic rings. The third kappa shape index (κ3) is 264. The van der Waals surface area contributed by atoms with Crippen molar-refractivity contribution < 1.29 is 116 Å². The van der Waals surface area contributed by atoms with Crippen LogP contribution in [0.2, 0.25) is 0 Å². The molecule has 0 rings (SSSR count). The van der Waals surface area contributed by atoms with E-state index in [1.807, 2.05) is 0 Å². The van der Waals surface area contributed by atoms with E-state index in [0.29, 0.717) is 0 Å². The van der Waals surface area contributed by atoms with Crippen molar-refractivity contribution in [2.45, 2.75) is 0 Å². The maximum atomic E-state index is 0. The Hall–Kier alpha value is 2.19. The smallest absolute Gasteiger partial charge is 2.00 e. The van der Waals surface area contributed by atoms with Crippen LogP contribution in [0.1, 0.15) is 0 Å². The second kappa shape index (κ2) is 319. The van der Waals surface area contributed by atoms with Crippen LogP contribution in [0, 0.1) is 0 Å². The molecule has 0 amide bonds. The molecule has 72 valence electrons. The third-order valence-corrected chi connectivity index (χ3v) is 0. The molecular weight excluding hydrogens is 591 g/mol. The van der Waals surface area contributed by atoms with Gasteiger partial charge in [-0.15, -0.1) is 0 Å². The van der Waals surface area contributed by atoms with Gasteiger partial charge in [-0.05, 0) is 0 Å². The van der Waals surface area contributed by atoms with Crippen molar-refractivity contribution in [1.29, 1.82) is 0 Å². The maximum Gasteiger partial charge on any atom is 5.00 e. The Kier molecular flexibility index (Phi) is 11900. The molecule has 11 heteroatoms. The summed E-state index contributed by atoms with van der Waals surface area (Å²) in [5.41, 5.74) is 0. The zero-order valence-electron chi connectivity index (χ0n) is 4.38. The standard InChI is InChI=1S/2Ni.7O.2Ta/q2*+2;7*-2;2*+5. The third-order valence-electron chi connectivity index (χ3n) is 0. The number of hydrogen-bond acceptors (Lipinski definition) is 0. The molecule has 11 heavy (non-hydrogen) atoms. The van der Waals surface area contributed by atoms with Gasteiger partial charge in [0.2, 0.25) is 0 Å². The Labute approximate surface area is 115 Å². The van der Waals surface area contributed by atoms with E-state index < -0.39 is 0 Å². The van der Waals surface area contributed by atoms with Crippen molar-refractivity contribution in [2.24, 2.45) is 0 Å². The average molecular weight is 591 g/mol. The molecule has 0 aliphatic carbocycles. The number of rotatable bonds is 0. The zero-order valence-corrected chi connectivity index (χ0v) is 12.8. The van der Waals surface area contributed by atoms with Gasteiger partial charge < -0.3 is 38.3 Å². The van der Waals surface area contributed by atoms with Gasteiger partial charge in [0.05, 0.1) is 0 Å². The molecule has 7 nitrogen and oxygen atoms in total. The van der Waals surface area contributed by atoms with Gasteiger partial charge in [0.15, 0.2) is 0 Å². The van der Waals surface area contributed by atoms with Gasteiger partial charge in [0.1, 0.15) is 0 Å². The van der Waals surface area contributed by atoms with E-state index in [4.69, 9.17) is 0 Å². The average Bonchev–Trinajstić information content (AvgIpc) is 0. The minimum Gasteiger partial charge on any atom is -2.00 e. The molecule has 0 fully saturated rings. The topological polar surface area (TPSA) is 200 Å². The van der Waals surface area contributed by atoms with Crippen LogP contribution >= 0.6 is 0 Å². The van der Waals surface area contributed by atoms with Crippen LogP contribution in [0.15, 0.2) is 0 Å². The van der Waals surface area contributed by atoms with E-state index >= 15 is 0 Å². The van der Waals surface area contributed by atoms with Crippen LogP contribution in [0.25, 0.3) is 0 Å². The van der Waals surface area contributed by atoms with Crippen LogP contribution in [0.3, 0.4) is 0 Å². The van der Waals surface area contributed by atoms with E-state index in [2.05, 4.69) is 0 Å². The number of hydrogen-bond donors (Lipinski definition) is 0. The molecule has 0 unspecified atom stereocenters. The SMILES string of the molecule is [Ni+2].[Ni+2].[O-2].[O-2].[O-2].[O-2].[O-2].[O-2].[O-2].[Ta+5].[Ta+5]. The van der Waals surface area contributed by atoms with E-state index in [0.717, 1.165) is 0 Å². The Bertz CT molecular complexity index is 14.4. The first-order chi connectivity index (χ1) is 0. The summed E-state index contributed by atoms with van der Waals surface area (Å²) in [7, 11) is 0. The van der Waals surface area contributed by atoms with Gasteiger partial charge in [-0.25, -0.2) is 0 Å². The molecule has 0 spiro atoms. The quantitative estimate of drug-likeness (QED) is 0.317. The summed E-state index contributed by atoms with van der Waals surface area (Å²) < 4.78 is 0. The molecule has 0 saturated carbocycles. The molecule has 0 aliphatic heterocycles. The molecule has 0 heterocycles. The van der Waals surface area contributed by atoms with Gasteiger partial charge in [-0.3, -0.25) is 0 Å². The Morgan fingerprint density at radius 2 is 0.273 bits per heavy atom. The van der Waals surface area contributed by atoms with E-state index in [1.165, 1.54) is 0 Å². The first-order valence-electron chi connectivity index (χ1n) is 0. The predicted octanol–water partition coefficient (Wildman–Crippen LogP) is -0.842. The van der Waals surface area contributed by atoms with Gasteiger partial charge >= 0.3 is 77.7 Å². The fourth-order valence-corrected chi connectivity index (χ4v) is 0. The summed E-state index contributed by atoms with van der Waals surface area (Å²) in [6.45, 7) is 0. The molecule has 0 radical (unpaired) electrons. The van der Waals surface area contributed by atoms with Gasteiger partial charge in [-0.2, -0.15) is 0 Å². The molecule has 0 aliphatic rings. The largest absolute Gasteiger partial charge is 5.00 e. The van der Waals surface area contributed by atoms with Crippen LogP contribution in [0.4, 0.5) is 0 Å². The van der Waals surface area contributed by atoms with Crippen molar-refractivity contribution in [3.05, 3.63) is 0 Å². The summed E-state index contributed by atoms with van der Waals surface area (Å²) in [6, 6.07) is 0. The molecule has 0 bridgehead atoms. The van der Waals surface area contributed by atoms with Crippen molar-refractivity contribution in [3.8, 4) is 0 Å². The Morgan fingerprint density at radius 3 is 0.273 bits per heavy atom. The second-order valence-electron chi connectivity index (χ2n) is 0. The molecule has 0 aromatic carbocycles. The van der Waals surface area contributed by atoms with Crippen LogP contribution in [-0.2, 0) is 116 Å². The summed E-state index contributed by atoms with van der Waals surface area (Å²) in [6.07, 6.45) is 0. The normalized spacial score (nSPS) is 0. The summed E-state index contributed by atoms with van der Waals surface area (Å²) in [5.74, 6) is 0. The summed E-state index contributed by atoms with van der Waals surface area (Å²) in [5, 5.41) is 0. The Morgan fingerprint density at radius 1 is 0.273 bits per heavy atom. The molecule has 0 aromatic heterocycles. The summed E-state index contributed by atoms with van der Waals surface area (Å²) >= 11 is 0. The van der Waals surface area contributed by atoms with E-state index in [1.54, 1.807) is 0 Å². The first kappa shape index (κ1) is 409. The first-order valence-corrected chi connectivity index (χ1v) is 0. The van der Waals surface area contributed by atoms with Crippen LogP contribution in [0.5, 0.6) is 0 Å². The fourth-order valence-electron chi connectivity index (χ4n) is 0. The van der Waals surface area contributed by atoms with Crippen LogP contribution in [-0.4, -0.2) is 0 Å². The van der Waals surface area contributed by atoms with Gasteiger partial charge in [-0.1, -0.05) is 0 Å². The minimum atomic E-state index is 0. The summed E-state index contributed by atoms with van der Waals surface area (Å²) in [4.78, 5) is 0. The molecular formula is Ni2O7Ta2. The molecule has 0 N–H and O–H groups in total. The van der Waals surface area contributed by atoms with Crippen molar-refractivity contribution >= 4 is 0 Å². The van der Waals surface area contributed by atoms with Gasteiger partial charge in [0.25, 0.3) is 0 Å². The van der Waals surface area contributed by atoms with Crippen LogP contribution < -0.4 is 0 Å². The molecule has 0 atom stereocenters. The van der Waals surface area contributed by atoms with Gasteiger partial charge in [0, 0.05) is 0 Å². The predicted molar refractivity (Wildman–Crippen MR) is 4.81 cm³/mol. The second-order valence-corrected chi connectivity index (χ2v) is 0. The Balaban J connectivity index is 0. The fraction of sp³-hybridized carbons (Fsp3) is 0. The monoisotopic (exact) mass is 590 g/mol. The maximum absolute atomic E-state index is 0.